The topological polar surface area (TPSA) is 55.4 Å². The molecule has 0 aliphatic carbocycles. The summed E-state index contributed by atoms with van der Waals surface area (Å²) < 4.78 is 34.3. The van der Waals surface area contributed by atoms with Gasteiger partial charge in [-0.05, 0) is 27.7 Å². The van der Waals surface area contributed by atoms with Gasteiger partial charge in [0, 0.05) is 9.47 Å². The maximum absolute atomic E-state index is 5.91. The molecular formula is C12H21O6P. The average Bonchev–Trinajstić information content (AvgIpc) is 2.87. The minimum Gasteiger partial charge on any atom is -0.357 e. The van der Waals surface area contributed by atoms with Gasteiger partial charge in [0.2, 0.25) is 0 Å². The van der Waals surface area contributed by atoms with Crippen LogP contribution in [0.4, 0.5) is 0 Å². The van der Waals surface area contributed by atoms with Gasteiger partial charge in [-0.1, -0.05) is 0 Å². The van der Waals surface area contributed by atoms with Crippen LogP contribution in [0.5, 0.6) is 0 Å². The van der Waals surface area contributed by atoms with E-state index in [1.807, 2.05) is 27.7 Å². The van der Waals surface area contributed by atoms with Gasteiger partial charge < -0.3 is 28.2 Å². The van der Waals surface area contributed by atoms with Crippen molar-refractivity contribution in [2.24, 2.45) is 0 Å². The van der Waals surface area contributed by atoms with E-state index >= 15 is 0 Å². The van der Waals surface area contributed by atoms with E-state index in [0.717, 1.165) is 0 Å². The molecule has 0 amide bonds. The number of fused-ring (bicyclic) bond motifs is 1. The lowest BCUT2D eigenvalue weighted by atomic mass is 10.1. The Bertz CT molecular complexity index is 360. The maximum Gasteiger partial charge on any atom is 0.190 e. The SMILES string of the molecule is CC1(C)OCC([C@@H]2O[C@H]3OC(C)(C)O[C@H]3C2OP)O1. The van der Waals surface area contributed by atoms with Crippen LogP contribution in [-0.4, -0.2) is 48.9 Å². The Hall–Kier alpha value is 0.190. The van der Waals surface area contributed by atoms with Crippen LogP contribution >= 0.6 is 9.47 Å². The molecule has 0 radical (unpaired) electrons. The lowest BCUT2D eigenvalue weighted by Crippen LogP contribution is -2.42. The molecule has 0 bridgehead atoms. The summed E-state index contributed by atoms with van der Waals surface area (Å²) in [6, 6.07) is 0. The van der Waals surface area contributed by atoms with Crippen molar-refractivity contribution in [1.29, 1.82) is 0 Å². The van der Waals surface area contributed by atoms with Gasteiger partial charge in [-0.15, -0.1) is 0 Å². The molecule has 3 fully saturated rings. The van der Waals surface area contributed by atoms with E-state index in [1.54, 1.807) is 0 Å². The van der Waals surface area contributed by atoms with Crippen LogP contribution < -0.4 is 0 Å². The second-order valence-corrected chi connectivity index (χ2v) is 6.31. The van der Waals surface area contributed by atoms with E-state index in [1.165, 1.54) is 0 Å². The van der Waals surface area contributed by atoms with Crippen LogP contribution in [0, 0.1) is 0 Å². The number of hydrogen-bond acceptors (Lipinski definition) is 6. The summed E-state index contributed by atoms with van der Waals surface area (Å²) in [5, 5.41) is 0. The van der Waals surface area contributed by atoms with Crippen molar-refractivity contribution in [3.05, 3.63) is 0 Å². The van der Waals surface area contributed by atoms with E-state index in [0.29, 0.717) is 6.61 Å². The minimum atomic E-state index is -0.645. The third-order valence-electron chi connectivity index (χ3n) is 3.58. The molecule has 7 heteroatoms. The van der Waals surface area contributed by atoms with Crippen molar-refractivity contribution < 1.29 is 28.2 Å². The third-order valence-corrected chi connectivity index (χ3v) is 3.90. The molecule has 3 unspecified atom stereocenters. The van der Waals surface area contributed by atoms with Gasteiger partial charge in [0.1, 0.15) is 24.4 Å². The van der Waals surface area contributed by atoms with Crippen LogP contribution in [0.1, 0.15) is 27.7 Å². The zero-order valence-corrected chi connectivity index (χ0v) is 12.8. The molecule has 0 saturated carbocycles. The highest BCUT2D eigenvalue weighted by Crippen LogP contribution is 2.42. The van der Waals surface area contributed by atoms with E-state index in [-0.39, 0.29) is 24.4 Å². The predicted molar refractivity (Wildman–Crippen MR) is 68.2 cm³/mol. The molecule has 3 aliphatic heterocycles. The van der Waals surface area contributed by atoms with Gasteiger partial charge in [-0.2, -0.15) is 0 Å². The molecule has 110 valence electrons. The van der Waals surface area contributed by atoms with Gasteiger partial charge in [0.05, 0.1) is 6.61 Å². The molecule has 0 aromatic heterocycles. The molecule has 6 nitrogen and oxygen atoms in total. The highest BCUT2D eigenvalue weighted by molar-refractivity contribution is 7.09. The molecule has 19 heavy (non-hydrogen) atoms. The summed E-state index contributed by atoms with van der Waals surface area (Å²) in [6.45, 7) is 7.97. The zero-order chi connectivity index (χ0) is 13.8. The molecule has 6 atom stereocenters. The Morgan fingerprint density at radius 2 is 1.74 bits per heavy atom. The Balaban J connectivity index is 1.72. The monoisotopic (exact) mass is 292 g/mol. The van der Waals surface area contributed by atoms with Crippen molar-refractivity contribution in [2.45, 2.75) is 70.0 Å². The highest BCUT2D eigenvalue weighted by Gasteiger charge is 2.58. The second-order valence-electron chi connectivity index (χ2n) is 6.04. The fourth-order valence-electron chi connectivity index (χ4n) is 2.84. The normalized spacial score (nSPS) is 47.5. The fraction of sp³-hybridized carbons (Fsp3) is 1.00. The van der Waals surface area contributed by atoms with Gasteiger partial charge in [-0.25, -0.2) is 0 Å². The van der Waals surface area contributed by atoms with Gasteiger partial charge in [0.25, 0.3) is 0 Å². The molecule has 3 aliphatic rings. The lowest BCUT2D eigenvalue weighted by Gasteiger charge is -2.28. The van der Waals surface area contributed by atoms with E-state index in [9.17, 15) is 0 Å². The summed E-state index contributed by atoms with van der Waals surface area (Å²) in [4.78, 5) is 0. The largest absolute Gasteiger partial charge is 0.357 e. The summed E-state index contributed by atoms with van der Waals surface area (Å²) >= 11 is 0. The molecule has 0 N–H and O–H groups in total. The molecule has 3 rings (SSSR count). The van der Waals surface area contributed by atoms with Crippen LogP contribution in [0.25, 0.3) is 0 Å². The molecule has 0 aromatic rings. The number of hydrogen-bond donors (Lipinski definition) is 0. The van der Waals surface area contributed by atoms with E-state index in [4.69, 9.17) is 28.2 Å². The summed E-state index contributed by atoms with van der Waals surface area (Å²) in [7, 11) is 2.28. The first-order chi connectivity index (χ1) is 8.81. The molecule has 3 heterocycles. The highest BCUT2D eigenvalue weighted by atomic mass is 31.0. The number of rotatable bonds is 2. The van der Waals surface area contributed by atoms with Crippen molar-refractivity contribution in [1.82, 2.24) is 0 Å². The van der Waals surface area contributed by atoms with Crippen LogP contribution in [-0.2, 0) is 28.2 Å². The van der Waals surface area contributed by atoms with Gasteiger partial charge in [0.15, 0.2) is 17.9 Å². The molecule has 3 saturated heterocycles. The summed E-state index contributed by atoms with van der Waals surface area (Å²) in [5.74, 6) is -1.23. The molecular weight excluding hydrogens is 271 g/mol. The zero-order valence-electron chi connectivity index (χ0n) is 11.6. The summed E-state index contributed by atoms with van der Waals surface area (Å²) in [5.41, 5.74) is 0. The first kappa shape index (κ1) is 14.1. The van der Waals surface area contributed by atoms with Crippen molar-refractivity contribution in [3.63, 3.8) is 0 Å². The average molecular weight is 292 g/mol. The number of ether oxygens (including phenoxy) is 5. The van der Waals surface area contributed by atoms with Crippen LogP contribution in [0.15, 0.2) is 0 Å². The quantitative estimate of drug-likeness (QED) is 0.713. The smallest absolute Gasteiger partial charge is 0.190 e. The summed E-state index contributed by atoms with van der Waals surface area (Å²) in [6.07, 6.45) is -1.35. The van der Waals surface area contributed by atoms with Gasteiger partial charge >= 0.3 is 0 Å². The van der Waals surface area contributed by atoms with Crippen LogP contribution in [0.3, 0.4) is 0 Å². The molecule has 0 spiro atoms. The maximum atomic E-state index is 5.91. The van der Waals surface area contributed by atoms with Crippen molar-refractivity contribution in [2.75, 3.05) is 6.61 Å². The Morgan fingerprint density at radius 1 is 1.00 bits per heavy atom. The van der Waals surface area contributed by atoms with Crippen molar-refractivity contribution >= 4 is 9.47 Å². The van der Waals surface area contributed by atoms with Crippen molar-refractivity contribution in [3.8, 4) is 0 Å². The second kappa shape index (κ2) is 4.60. The van der Waals surface area contributed by atoms with E-state index < -0.39 is 17.9 Å². The third kappa shape index (κ3) is 2.56. The van der Waals surface area contributed by atoms with Crippen LogP contribution in [0.2, 0.25) is 0 Å². The standard InChI is InChI=1S/C12H21O6P/c1-11(2)13-5-6(15-11)7-8(18-19)9-10(14-7)17-12(3,4)16-9/h6-10H,5,19H2,1-4H3/t6?,7-,8?,9-,10-/m0/s1. The van der Waals surface area contributed by atoms with E-state index in [2.05, 4.69) is 9.47 Å². The van der Waals surface area contributed by atoms with Gasteiger partial charge in [-0.3, -0.25) is 0 Å². The Kier molecular flexibility index (Phi) is 3.42. The lowest BCUT2D eigenvalue weighted by molar-refractivity contribution is -0.229. The first-order valence-corrected chi connectivity index (χ1v) is 6.97. The Morgan fingerprint density at radius 3 is 2.32 bits per heavy atom. The minimum absolute atomic E-state index is 0.179. The fourth-order valence-corrected chi connectivity index (χ4v) is 3.15. The Labute approximate surface area is 115 Å². The molecule has 0 aromatic carbocycles. The predicted octanol–water partition coefficient (Wildman–Crippen LogP) is 1.19. The first-order valence-electron chi connectivity index (χ1n) is 6.50.